The van der Waals surface area contributed by atoms with Gasteiger partial charge >= 0.3 is 0 Å². The zero-order valence-corrected chi connectivity index (χ0v) is 17.1. The summed E-state index contributed by atoms with van der Waals surface area (Å²) in [5, 5.41) is 3.16. The van der Waals surface area contributed by atoms with Crippen molar-refractivity contribution in [2.24, 2.45) is 0 Å². The van der Waals surface area contributed by atoms with Crippen LogP contribution in [-0.4, -0.2) is 37.4 Å². The molecular formula is C19H16ClIN2O3. The van der Waals surface area contributed by atoms with Gasteiger partial charge in [0.05, 0.1) is 24.2 Å². The molecule has 134 valence electrons. The molecule has 2 amide bonds. The second-order valence-corrected chi connectivity index (χ2v) is 6.97. The van der Waals surface area contributed by atoms with E-state index in [0.29, 0.717) is 27.6 Å². The molecule has 2 rings (SSSR count). The second-order valence-electron chi connectivity index (χ2n) is 5.40. The van der Waals surface area contributed by atoms with Crippen LogP contribution in [0.4, 0.5) is 5.69 Å². The Kier molecular flexibility index (Phi) is 6.89. The van der Waals surface area contributed by atoms with E-state index >= 15 is 0 Å². The van der Waals surface area contributed by atoms with Crippen LogP contribution in [-0.2, 0) is 4.79 Å². The van der Waals surface area contributed by atoms with Gasteiger partial charge in [-0.1, -0.05) is 23.6 Å². The smallest absolute Gasteiger partial charge is 0.257 e. The van der Waals surface area contributed by atoms with Gasteiger partial charge in [-0.25, -0.2) is 0 Å². The molecule has 26 heavy (non-hydrogen) atoms. The predicted octanol–water partition coefficient (Wildman–Crippen LogP) is 3.65. The zero-order chi connectivity index (χ0) is 19.3. The van der Waals surface area contributed by atoms with Crippen molar-refractivity contribution in [3.63, 3.8) is 0 Å². The molecule has 0 saturated carbocycles. The molecular weight excluding hydrogens is 467 g/mol. The number of likely N-dealkylation sites (N-methyl/N-ethyl adjacent to an activating group) is 1. The molecule has 0 radical (unpaired) electrons. The fourth-order valence-electron chi connectivity index (χ4n) is 2.24. The number of carbonyl (C=O) groups is 2. The molecule has 0 atom stereocenters. The minimum absolute atomic E-state index is 0.133. The average molecular weight is 483 g/mol. The maximum Gasteiger partial charge on any atom is 0.257 e. The van der Waals surface area contributed by atoms with E-state index in [1.807, 2.05) is 0 Å². The Morgan fingerprint density at radius 3 is 2.73 bits per heavy atom. The predicted molar refractivity (Wildman–Crippen MR) is 111 cm³/mol. The van der Waals surface area contributed by atoms with Gasteiger partial charge in [-0.3, -0.25) is 9.59 Å². The number of amides is 2. The lowest BCUT2D eigenvalue weighted by Crippen LogP contribution is -2.35. The SMILES string of the molecule is C#Cc1cccc(NC(=O)CN(C)C(=O)c2cc(Cl)c(I)cc2OC)c1. The van der Waals surface area contributed by atoms with Crippen molar-refractivity contribution in [1.82, 2.24) is 4.90 Å². The van der Waals surface area contributed by atoms with Crippen LogP contribution in [0, 0.1) is 15.9 Å². The van der Waals surface area contributed by atoms with Crippen molar-refractivity contribution >= 4 is 51.7 Å². The van der Waals surface area contributed by atoms with E-state index in [2.05, 4.69) is 33.8 Å². The van der Waals surface area contributed by atoms with E-state index in [-0.39, 0.29) is 18.4 Å². The molecule has 7 heteroatoms. The highest BCUT2D eigenvalue weighted by Gasteiger charge is 2.20. The molecule has 2 aromatic carbocycles. The lowest BCUT2D eigenvalue weighted by molar-refractivity contribution is -0.116. The summed E-state index contributed by atoms with van der Waals surface area (Å²) >= 11 is 8.16. The Morgan fingerprint density at radius 1 is 1.35 bits per heavy atom. The van der Waals surface area contributed by atoms with E-state index in [4.69, 9.17) is 22.8 Å². The van der Waals surface area contributed by atoms with Crippen molar-refractivity contribution in [2.45, 2.75) is 0 Å². The third kappa shape index (κ3) is 4.90. The summed E-state index contributed by atoms with van der Waals surface area (Å²) in [5.74, 6) is 2.19. The van der Waals surface area contributed by atoms with Gasteiger partial charge in [0, 0.05) is 21.9 Å². The molecule has 0 spiro atoms. The topological polar surface area (TPSA) is 58.6 Å². The maximum absolute atomic E-state index is 12.7. The van der Waals surface area contributed by atoms with Crippen LogP contribution in [0.5, 0.6) is 5.75 Å². The van der Waals surface area contributed by atoms with Crippen molar-refractivity contribution in [3.05, 3.63) is 56.1 Å². The van der Waals surface area contributed by atoms with E-state index in [1.165, 1.54) is 25.1 Å². The summed E-state index contributed by atoms with van der Waals surface area (Å²) in [6.45, 7) is -0.133. The van der Waals surface area contributed by atoms with E-state index in [9.17, 15) is 9.59 Å². The number of hydrogen-bond acceptors (Lipinski definition) is 3. The van der Waals surface area contributed by atoms with Gasteiger partial charge in [0.25, 0.3) is 5.91 Å². The Bertz CT molecular complexity index is 893. The molecule has 5 nitrogen and oxygen atoms in total. The summed E-state index contributed by atoms with van der Waals surface area (Å²) in [6.07, 6.45) is 5.35. The molecule has 0 aliphatic rings. The fourth-order valence-corrected chi connectivity index (χ4v) is 2.85. The number of nitrogens with zero attached hydrogens (tertiary/aromatic N) is 1. The van der Waals surface area contributed by atoms with E-state index < -0.39 is 0 Å². The highest BCUT2D eigenvalue weighted by atomic mass is 127. The summed E-state index contributed by atoms with van der Waals surface area (Å²) in [7, 11) is 3.01. The van der Waals surface area contributed by atoms with Crippen LogP contribution >= 0.6 is 34.2 Å². The summed E-state index contributed by atoms with van der Waals surface area (Å²) < 4.78 is 6.02. The summed E-state index contributed by atoms with van der Waals surface area (Å²) in [6, 6.07) is 10.1. The van der Waals surface area contributed by atoms with Crippen LogP contribution in [0.2, 0.25) is 5.02 Å². The molecule has 0 aliphatic carbocycles. The normalized spacial score (nSPS) is 9.96. The monoisotopic (exact) mass is 482 g/mol. The first kappa shape index (κ1) is 20.1. The third-order valence-corrected chi connectivity index (χ3v) is 5.04. The Morgan fingerprint density at radius 2 is 2.08 bits per heavy atom. The van der Waals surface area contributed by atoms with Crippen LogP contribution in [0.15, 0.2) is 36.4 Å². The number of benzene rings is 2. The molecule has 1 N–H and O–H groups in total. The first-order valence-electron chi connectivity index (χ1n) is 7.50. The van der Waals surface area contributed by atoms with Crippen LogP contribution in [0.1, 0.15) is 15.9 Å². The van der Waals surface area contributed by atoms with Gasteiger partial charge in [0.15, 0.2) is 0 Å². The lowest BCUT2D eigenvalue weighted by Gasteiger charge is -2.19. The average Bonchev–Trinajstić information content (AvgIpc) is 2.62. The first-order valence-corrected chi connectivity index (χ1v) is 8.96. The van der Waals surface area contributed by atoms with Crippen LogP contribution in [0.25, 0.3) is 0 Å². The molecule has 0 fully saturated rings. The highest BCUT2D eigenvalue weighted by Crippen LogP contribution is 2.29. The van der Waals surface area contributed by atoms with Crippen molar-refractivity contribution in [2.75, 3.05) is 26.0 Å². The molecule has 0 unspecified atom stereocenters. The Labute approximate surface area is 170 Å². The Hall–Kier alpha value is -2.24. The fraction of sp³-hybridized carbons (Fsp3) is 0.158. The highest BCUT2D eigenvalue weighted by molar-refractivity contribution is 14.1. The van der Waals surface area contributed by atoms with Crippen molar-refractivity contribution in [3.8, 4) is 18.1 Å². The molecule has 0 aromatic heterocycles. The number of nitrogens with one attached hydrogen (secondary N) is 1. The third-order valence-electron chi connectivity index (χ3n) is 3.51. The van der Waals surface area contributed by atoms with Crippen LogP contribution in [0.3, 0.4) is 0 Å². The van der Waals surface area contributed by atoms with Gasteiger partial charge in [-0.05, 0) is 52.9 Å². The molecule has 0 bridgehead atoms. The first-order chi connectivity index (χ1) is 12.3. The molecule has 0 heterocycles. The standard InChI is InChI=1S/C19H16ClIN2O3/c1-4-12-6-5-7-13(8-12)22-18(24)11-23(2)19(25)14-9-15(20)16(21)10-17(14)26-3/h1,5-10H,11H2,2-3H3,(H,22,24). The number of anilines is 1. The van der Waals surface area contributed by atoms with E-state index in [0.717, 1.165) is 3.57 Å². The zero-order valence-electron chi connectivity index (χ0n) is 14.2. The number of carbonyl (C=O) groups excluding carboxylic acids is 2. The van der Waals surface area contributed by atoms with Crippen molar-refractivity contribution in [1.29, 1.82) is 0 Å². The largest absolute Gasteiger partial charge is 0.496 e. The van der Waals surface area contributed by atoms with Gasteiger partial charge < -0.3 is 15.0 Å². The molecule has 2 aromatic rings. The van der Waals surface area contributed by atoms with Crippen LogP contribution < -0.4 is 10.1 Å². The maximum atomic E-state index is 12.7. The van der Waals surface area contributed by atoms with Gasteiger partial charge in [-0.15, -0.1) is 6.42 Å². The number of halogens is 2. The quantitative estimate of drug-likeness (QED) is 0.523. The Balaban J connectivity index is 2.10. The number of terminal acetylenes is 1. The van der Waals surface area contributed by atoms with E-state index in [1.54, 1.807) is 30.3 Å². The minimum atomic E-state index is -0.368. The van der Waals surface area contributed by atoms with Crippen molar-refractivity contribution < 1.29 is 14.3 Å². The number of rotatable bonds is 5. The lowest BCUT2D eigenvalue weighted by atomic mass is 10.1. The molecule has 0 saturated heterocycles. The second kappa shape index (κ2) is 8.92. The van der Waals surface area contributed by atoms with Gasteiger partial charge in [0.2, 0.25) is 5.91 Å². The van der Waals surface area contributed by atoms with Gasteiger partial charge in [-0.2, -0.15) is 0 Å². The minimum Gasteiger partial charge on any atom is -0.496 e. The summed E-state index contributed by atoms with van der Waals surface area (Å²) in [4.78, 5) is 26.2. The number of ether oxygens (including phenoxy) is 1. The van der Waals surface area contributed by atoms with Gasteiger partial charge in [0.1, 0.15) is 5.75 Å². The summed E-state index contributed by atoms with van der Waals surface area (Å²) in [5.41, 5.74) is 1.52. The molecule has 0 aliphatic heterocycles. The number of methoxy groups -OCH3 is 1. The number of hydrogen-bond donors (Lipinski definition) is 1.